The second-order valence-electron chi connectivity index (χ2n) is 6.65. The van der Waals surface area contributed by atoms with Crippen LogP contribution in [0.3, 0.4) is 0 Å². The van der Waals surface area contributed by atoms with Gasteiger partial charge < -0.3 is 5.11 Å². The van der Waals surface area contributed by atoms with Crippen LogP contribution in [-0.4, -0.2) is 20.5 Å². The van der Waals surface area contributed by atoms with Crippen LogP contribution in [0.15, 0.2) is 24.3 Å². The summed E-state index contributed by atoms with van der Waals surface area (Å²) in [6.45, 7) is 4.98. The van der Waals surface area contributed by atoms with Crippen LogP contribution in [0, 0.1) is 5.92 Å². The Morgan fingerprint density at radius 2 is 1.95 bits per heavy atom. The highest BCUT2D eigenvalue weighted by Crippen LogP contribution is 2.35. The van der Waals surface area contributed by atoms with Crippen molar-refractivity contribution in [1.82, 2.24) is 9.78 Å². The minimum Gasteiger partial charge on any atom is -0.389 e. The van der Waals surface area contributed by atoms with E-state index in [-0.39, 0.29) is 0 Å². The first kappa shape index (κ1) is 14.6. The van der Waals surface area contributed by atoms with Gasteiger partial charge in [-0.2, -0.15) is 5.10 Å². The Balaban J connectivity index is 1.90. The van der Waals surface area contributed by atoms with E-state index >= 15 is 0 Å². The van der Waals surface area contributed by atoms with Gasteiger partial charge in [0, 0.05) is 18.4 Å². The Bertz CT molecular complexity index is 609. The number of aromatic nitrogens is 2. The number of benzene rings is 1. The molecular weight excluding hydrogens is 260 g/mol. The Morgan fingerprint density at radius 3 is 2.67 bits per heavy atom. The number of nitrogens with zero attached hydrogens (tertiary/aromatic N) is 2. The van der Waals surface area contributed by atoms with Crippen molar-refractivity contribution < 1.29 is 5.11 Å². The van der Waals surface area contributed by atoms with Crippen LogP contribution in [0.5, 0.6) is 0 Å². The van der Waals surface area contributed by atoms with Gasteiger partial charge in [-0.05, 0) is 38.7 Å². The van der Waals surface area contributed by atoms with Gasteiger partial charge in [-0.25, -0.2) is 0 Å². The minimum absolute atomic E-state index is 0.414. The van der Waals surface area contributed by atoms with Crippen LogP contribution < -0.4 is 0 Å². The highest BCUT2D eigenvalue weighted by molar-refractivity contribution is 5.82. The van der Waals surface area contributed by atoms with E-state index in [2.05, 4.69) is 31.2 Å². The van der Waals surface area contributed by atoms with Crippen molar-refractivity contribution in [2.75, 3.05) is 0 Å². The van der Waals surface area contributed by atoms with Gasteiger partial charge in [0.1, 0.15) is 0 Å². The first-order valence-corrected chi connectivity index (χ1v) is 8.28. The standard InChI is InChI=1S/C18H26N2O/c1-3-20-17-12-8-7-11-15(17)16(19-20)13-18(2,21)14-9-5-4-6-10-14/h7-8,11-12,14,21H,3-6,9-10,13H2,1-2H3. The van der Waals surface area contributed by atoms with Gasteiger partial charge in [0.2, 0.25) is 0 Å². The summed E-state index contributed by atoms with van der Waals surface area (Å²) < 4.78 is 2.04. The Morgan fingerprint density at radius 1 is 1.24 bits per heavy atom. The van der Waals surface area contributed by atoms with E-state index < -0.39 is 5.60 Å². The number of hydrogen-bond acceptors (Lipinski definition) is 2. The molecule has 1 saturated carbocycles. The van der Waals surface area contributed by atoms with Crippen molar-refractivity contribution in [2.24, 2.45) is 5.92 Å². The predicted molar refractivity (Wildman–Crippen MR) is 86.3 cm³/mol. The average molecular weight is 286 g/mol. The lowest BCUT2D eigenvalue weighted by Gasteiger charge is -2.35. The summed E-state index contributed by atoms with van der Waals surface area (Å²) in [6, 6.07) is 8.35. The topological polar surface area (TPSA) is 38.0 Å². The molecule has 0 bridgehead atoms. The fourth-order valence-electron chi connectivity index (χ4n) is 3.78. The molecule has 1 unspecified atom stereocenters. The van der Waals surface area contributed by atoms with Crippen molar-refractivity contribution in [1.29, 1.82) is 0 Å². The monoisotopic (exact) mass is 286 g/mol. The molecule has 0 saturated heterocycles. The molecule has 1 heterocycles. The summed E-state index contributed by atoms with van der Waals surface area (Å²) in [5.41, 5.74) is 1.58. The molecule has 1 atom stereocenters. The first-order valence-electron chi connectivity index (χ1n) is 8.28. The molecule has 1 fully saturated rings. The molecule has 1 aliphatic rings. The largest absolute Gasteiger partial charge is 0.389 e. The number of fused-ring (bicyclic) bond motifs is 1. The maximum atomic E-state index is 11.0. The molecule has 1 N–H and O–H groups in total. The van der Waals surface area contributed by atoms with Gasteiger partial charge in [0.05, 0.1) is 16.8 Å². The quantitative estimate of drug-likeness (QED) is 0.924. The Kier molecular flexibility index (Phi) is 4.03. The van der Waals surface area contributed by atoms with Crippen molar-refractivity contribution >= 4 is 10.9 Å². The molecule has 114 valence electrons. The molecule has 3 rings (SSSR count). The fraction of sp³-hybridized carbons (Fsp3) is 0.611. The van der Waals surface area contributed by atoms with Crippen LogP contribution in [0.25, 0.3) is 10.9 Å². The lowest BCUT2D eigenvalue weighted by Crippen LogP contribution is -2.38. The van der Waals surface area contributed by atoms with Crippen molar-refractivity contribution in [3.05, 3.63) is 30.0 Å². The molecule has 1 aromatic carbocycles. The van der Waals surface area contributed by atoms with E-state index in [1.54, 1.807) is 0 Å². The molecule has 1 aromatic heterocycles. The number of hydrogen-bond donors (Lipinski definition) is 1. The lowest BCUT2D eigenvalue weighted by molar-refractivity contribution is -0.0165. The van der Waals surface area contributed by atoms with Gasteiger partial charge in [-0.15, -0.1) is 0 Å². The number of aliphatic hydroxyl groups is 1. The summed E-state index contributed by atoms with van der Waals surface area (Å²) in [6.07, 6.45) is 6.79. The van der Waals surface area contributed by atoms with Gasteiger partial charge in [0.15, 0.2) is 0 Å². The van der Waals surface area contributed by atoms with Crippen LogP contribution in [-0.2, 0) is 13.0 Å². The summed E-state index contributed by atoms with van der Waals surface area (Å²) >= 11 is 0. The van der Waals surface area contributed by atoms with Crippen LogP contribution >= 0.6 is 0 Å². The highest BCUT2D eigenvalue weighted by atomic mass is 16.3. The zero-order valence-corrected chi connectivity index (χ0v) is 13.2. The molecular formula is C18H26N2O. The van der Waals surface area contributed by atoms with E-state index in [0.717, 1.165) is 25.1 Å². The SMILES string of the molecule is CCn1nc(CC(C)(O)C2CCCCC2)c2ccccc21. The van der Waals surface area contributed by atoms with Gasteiger partial charge in [-0.3, -0.25) is 4.68 Å². The normalized spacial score (nSPS) is 19.8. The van der Waals surface area contributed by atoms with Crippen molar-refractivity contribution in [3.8, 4) is 0 Å². The third kappa shape index (κ3) is 2.84. The van der Waals surface area contributed by atoms with Crippen LogP contribution in [0.1, 0.15) is 51.6 Å². The molecule has 0 spiro atoms. The third-order valence-electron chi connectivity index (χ3n) is 5.04. The molecule has 21 heavy (non-hydrogen) atoms. The van der Waals surface area contributed by atoms with E-state index in [1.165, 1.54) is 30.2 Å². The lowest BCUT2D eigenvalue weighted by atomic mass is 9.75. The Hall–Kier alpha value is -1.35. The second kappa shape index (κ2) is 5.80. The molecule has 0 aliphatic heterocycles. The highest BCUT2D eigenvalue weighted by Gasteiger charge is 2.34. The molecule has 2 aromatic rings. The Labute approximate surface area is 127 Å². The van der Waals surface area contributed by atoms with E-state index in [1.807, 2.05) is 11.6 Å². The molecule has 1 aliphatic carbocycles. The van der Waals surface area contributed by atoms with E-state index in [9.17, 15) is 5.11 Å². The minimum atomic E-state index is -0.643. The van der Waals surface area contributed by atoms with E-state index in [4.69, 9.17) is 5.10 Å². The summed E-state index contributed by atoms with van der Waals surface area (Å²) in [5, 5.41) is 16.9. The smallest absolute Gasteiger partial charge is 0.0731 e. The fourth-order valence-corrected chi connectivity index (χ4v) is 3.78. The summed E-state index contributed by atoms with van der Waals surface area (Å²) in [5.74, 6) is 0.414. The van der Waals surface area contributed by atoms with Crippen LogP contribution in [0.4, 0.5) is 0 Å². The van der Waals surface area contributed by atoms with Crippen LogP contribution in [0.2, 0.25) is 0 Å². The maximum Gasteiger partial charge on any atom is 0.0731 e. The zero-order chi connectivity index (χ0) is 14.9. The third-order valence-corrected chi connectivity index (χ3v) is 5.04. The molecule has 0 amide bonds. The van der Waals surface area contributed by atoms with E-state index in [0.29, 0.717) is 12.3 Å². The van der Waals surface area contributed by atoms with Gasteiger partial charge in [-0.1, -0.05) is 37.5 Å². The number of aryl methyl sites for hydroxylation is 1. The van der Waals surface area contributed by atoms with Crippen molar-refractivity contribution in [2.45, 2.75) is 64.5 Å². The predicted octanol–water partition coefficient (Wildman–Crippen LogP) is 3.93. The van der Waals surface area contributed by atoms with Crippen molar-refractivity contribution in [3.63, 3.8) is 0 Å². The summed E-state index contributed by atoms with van der Waals surface area (Å²) in [4.78, 5) is 0. The average Bonchev–Trinajstić information content (AvgIpc) is 2.86. The van der Waals surface area contributed by atoms with Gasteiger partial charge in [0.25, 0.3) is 0 Å². The maximum absolute atomic E-state index is 11.0. The summed E-state index contributed by atoms with van der Waals surface area (Å²) in [7, 11) is 0. The number of para-hydroxylation sites is 1. The molecule has 3 heteroatoms. The number of rotatable bonds is 4. The second-order valence-corrected chi connectivity index (χ2v) is 6.65. The molecule has 0 radical (unpaired) electrons. The first-order chi connectivity index (χ1) is 10.1. The van der Waals surface area contributed by atoms with Gasteiger partial charge >= 0.3 is 0 Å². The zero-order valence-electron chi connectivity index (χ0n) is 13.2. The molecule has 3 nitrogen and oxygen atoms in total.